The third kappa shape index (κ3) is 6.80. The van der Waals surface area contributed by atoms with Gasteiger partial charge in [-0.3, -0.25) is 9.59 Å². The predicted molar refractivity (Wildman–Crippen MR) is 143 cm³/mol. The highest BCUT2D eigenvalue weighted by Crippen LogP contribution is 2.31. The summed E-state index contributed by atoms with van der Waals surface area (Å²) in [7, 11) is 0. The molecule has 0 aliphatic rings. The van der Waals surface area contributed by atoms with Crippen LogP contribution in [0.5, 0.6) is 5.75 Å². The van der Waals surface area contributed by atoms with Crippen LogP contribution in [-0.4, -0.2) is 49.0 Å². The molecule has 4 rings (SSSR count). The molecule has 0 aliphatic heterocycles. The molecule has 2 aromatic heterocycles. The number of carbonyl (C=O) groups is 2. The van der Waals surface area contributed by atoms with Crippen LogP contribution in [0.1, 0.15) is 12.5 Å². The zero-order chi connectivity index (χ0) is 26.5. The van der Waals surface area contributed by atoms with Crippen LogP contribution < -0.4 is 10.1 Å². The van der Waals surface area contributed by atoms with Crippen LogP contribution in [0.2, 0.25) is 5.02 Å². The Bertz CT molecular complexity index is 1540. The molecule has 0 unspecified atom stereocenters. The van der Waals surface area contributed by atoms with Crippen LogP contribution in [0.3, 0.4) is 0 Å². The summed E-state index contributed by atoms with van der Waals surface area (Å²) in [6, 6.07) is 7.75. The Morgan fingerprint density at radius 3 is 2.84 bits per heavy atom. The summed E-state index contributed by atoms with van der Waals surface area (Å²) >= 11 is 13.4. The van der Waals surface area contributed by atoms with Gasteiger partial charge in [0.1, 0.15) is 30.3 Å². The summed E-state index contributed by atoms with van der Waals surface area (Å²) in [6.07, 6.45) is 1.42. The van der Waals surface area contributed by atoms with Crippen molar-refractivity contribution in [2.45, 2.75) is 24.2 Å². The second kappa shape index (κ2) is 11.9. The smallest absolute Gasteiger partial charge is 0.313 e. The molecule has 0 saturated carbocycles. The van der Waals surface area contributed by atoms with Crippen LogP contribution in [-0.2, 0) is 22.6 Å². The largest absolute Gasteiger partial charge is 0.494 e. The molecule has 14 heteroatoms. The number of aromatic nitrogens is 4. The Labute approximate surface area is 228 Å². The number of rotatable bonds is 11. The number of benzene rings is 2. The lowest BCUT2D eigenvalue weighted by atomic mass is 10.0. The number of Topliss-reactive ketones (excluding diaryl/α,β-unsaturated/α-hetero) is 1. The zero-order valence-electron chi connectivity index (χ0n) is 19.2. The second-order valence-corrected chi connectivity index (χ2v) is 10.8. The quantitative estimate of drug-likeness (QED) is 0.173. The summed E-state index contributed by atoms with van der Waals surface area (Å²) in [5.74, 6) is -0.853. The fourth-order valence-corrected chi connectivity index (χ4v) is 5.60. The van der Waals surface area contributed by atoms with E-state index in [1.807, 2.05) is 6.92 Å². The van der Waals surface area contributed by atoms with Crippen molar-refractivity contribution in [2.75, 3.05) is 17.7 Å². The molecule has 192 valence electrons. The van der Waals surface area contributed by atoms with E-state index in [2.05, 4.69) is 20.4 Å². The third-order valence-corrected chi connectivity index (χ3v) is 7.64. The molecule has 0 radical (unpaired) electrons. The molecule has 2 aromatic carbocycles. The minimum atomic E-state index is -0.964. The molecule has 2 heterocycles. The number of nitrogens with one attached hydrogen (secondary N) is 1. The molecule has 4 aromatic rings. The number of ether oxygens (including phenoxy) is 1. The molecule has 0 spiro atoms. The minimum Gasteiger partial charge on any atom is -0.494 e. The number of nitrogens with zero attached hydrogens (tertiary/aromatic N) is 4. The van der Waals surface area contributed by atoms with E-state index in [1.54, 1.807) is 12.1 Å². The molecule has 37 heavy (non-hydrogen) atoms. The van der Waals surface area contributed by atoms with Gasteiger partial charge in [0.25, 0.3) is 0 Å². The maximum Gasteiger partial charge on any atom is 0.313 e. The predicted octanol–water partition coefficient (Wildman–Crippen LogP) is 5.54. The lowest BCUT2D eigenvalue weighted by Gasteiger charge is -2.14. The van der Waals surface area contributed by atoms with Crippen molar-refractivity contribution in [2.24, 2.45) is 0 Å². The van der Waals surface area contributed by atoms with Crippen molar-refractivity contribution in [3.63, 3.8) is 0 Å². The van der Waals surface area contributed by atoms with Gasteiger partial charge in [-0.25, -0.2) is 19.0 Å². The van der Waals surface area contributed by atoms with Gasteiger partial charge in [-0.05, 0) is 43.4 Å². The van der Waals surface area contributed by atoms with Gasteiger partial charge in [0, 0.05) is 29.1 Å². The van der Waals surface area contributed by atoms with Crippen molar-refractivity contribution in [1.82, 2.24) is 19.7 Å². The fraction of sp³-hybridized carbons (Fsp3) is 0.217. The van der Waals surface area contributed by atoms with Crippen molar-refractivity contribution >= 4 is 81.1 Å². The molecule has 0 saturated heterocycles. The van der Waals surface area contributed by atoms with E-state index in [4.69, 9.17) is 33.7 Å². The number of carboxylic acids is 1. The average molecular weight is 580 g/mol. The lowest BCUT2D eigenvalue weighted by Crippen LogP contribution is -2.14. The summed E-state index contributed by atoms with van der Waals surface area (Å²) in [6.45, 7) is 2.15. The number of fused-ring (bicyclic) bond motifs is 1. The molecule has 0 amide bonds. The number of ketones is 1. The van der Waals surface area contributed by atoms with Crippen LogP contribution >= 0.6 is 46.9 Å². The molecular weight excluding hydrogens is 561 g/mol. The van der Waals surface area contributed by atoms with Gasteiger partial charge in [0.15, 0.2) is 14.1 Å². The fourth-order valence-electron chi connectivity index (χ4n) is 3.37. The topological polar surface area (TPSA) is 119 Å². The molecular formula is C23H19ClFN5O4S3. The molecule has 2 N–H and O–H groups in total. The summed E-state index contributed by atoms with van der Waals surface area (Å²) in [5.41, 5.74) is 1.75. The highest BCUT2D eigenvalue weighted by atomic mass is 35.5. The second-order valence-electron chi connectivity index (χ2n) is 7.58. The standard InChI is InChI=1S/C23H19ClFN5O4S3/c1-2-34-19-8-18-15(21(27-11-26-18)28-13-3-4-17(25)16(24)7-13)6-12(19)5-14(31)9-30-23(35)37-22(29-30)36-10-20(32)33/h3-4,6-8,11H,2,5,9-10H2,1H3,(H,32,33)(H,26,27,28). The SMILES string of the molecule is CCOc1cc2ncnc(Nc3ccc(F)c(Cl)c3)c2cc1CC(=O)Cn1nc(SCC(=O)O)sc1=S. The normalized spacial score (nSPS) is 11.0. The third-order valence-electron chi connectivity index (χ3n) is 4.92. The number of carbonyl (C=O) groups excluding carboxylic acids is 1. The highest BCUT2D eigenvalue weighted by molar-refractivity contribution is 8.01. The van der Waals surface area contributed by atoms with Gasteiger partial charge < -0.3 is 15.2 Å². The van der Waals surface area contributed by atoms with E-state index in [0.29, 0.717) is 48.6 Å². The lowest BCUT2D eigenvalue weighted by molar-refractivity contribution is -0.134. The van der Waals surface area contributed by atoms with E-state index >= 15 is 0 Å². The molecule has 0 fully saturated rings. The van der Waals surface area contributed by atoms with E-state index in [0.717, 1.165) is 23.1 Å². The Balaban J connectivity index is 1.60. The van der Waals surface area contributed by atoms with Crippen molar-refractivity contribution in [3.05, 3.63) is 57.0 Å². The average Bonchev–Trinajstić information content (AvgIpc) is 3.19. The van der Waals surface area contributed by atoms with E-state index in [1.165, 1.54) is 29.2 Å². The zero-order valence-corrected chi connectivity index (χ0v) is 22.4. The number of aliphatic carboxylic acids is 1. The summed E-state index contributed by atoms with van der Waals surface area (Å²) in [5, 5.41) is 16.8. The van der Waals surface area contributed by atoms with Crippen LogP contribution in [0.15, 0.2) is 41.0 Å². The Kier molecular flexibility index (Phi) is 8.69. The van der Waals surface area contributed by atoms with Gasteiger partial charge in [-0.1, -0.05) is 34.7 Å². The number of hydrogen-bond donors (Lipinski definition) is 2. The minimum absolute atomic E-state index is 0.0267. The highest BCUT2D eigenvalue weighted by Gasteiger charge is 2.16. The number of anilines is 2. The van der Waals surface area contributed by atoms with Crippen molar-refractivity contribution in [3.8, 4) is 5.75 Å². The molecule has 9 nitrogen and oxygen atoms in total. The first-order chi connectivity index (χ1) is 17.7. The van der Waals surface area contributed by atoms with Gasteiger partial charge in [-0.15, -0.1) is 0 Å². The maximum atomic E-state index is 13.6. The van der Waals surface area contributed by atoms with Gasteiger partial charge >= 0.3 is 5.97 Å². The number of halogens is 2. The first kappa shape index (κ1) is 26.9. The van der Waals surface area contributed by atoms with E-state index in [9.17, 15) is 14.0 Å². The van der Waals surface area contributed by atoms with Crippen LogP contribution in [0.4, 0.5) is 15.9 Å². The van der Waals surface area contributed by atoms with Crippen LogP contribution in [0.25, 0.3) is 10.9 Å². The summed E-state index contributed by atoms with van der Waals surface area (Å²) in [4.78, 5) is 32.4. The number of carboxylic acid groups (broad SMARTS) is 1. The van der Waals surface area contributed by atoms with E-state index in [-0.39, 0.29) is 29.5 Å². The Hall–Kier alpha value is -3.13. The Morgan fingerprint density at radius 1 is 1.30 bits per heavy atom. The van der Waals surface area contributed by atoms with Crippen LogP contribution in [0, 0.1) is 9.77 Å². The Morgan fingerprint density at radius 2 is 2.11 bits per heavy atom. The van der Waals surface area contributed by atoms with Gasteiger partial charge in [-0.2, -0.15) is 5.10 Å². The number of thioether (sulfide) groups is 1. The monoisotopic (exact) mass is 579 g/mol. The maximum absolute atomic E-state index is 13.6. The molecule has 0 atom stereocenters. The van der Waals surface area contributed by atoms with Gasteiger partial charge in [0.2, 0.25) is 0 Å². The number of hydrogen-bond acceptors (Lipinski definition) is 10. The van der Waals surface area contributed by atoms with Crippen molar-refractivity contribution < 1.29 is 23.8 Å². The molecule has 0 bridgehead atoms. The first-order valence-electron chi connectivity index (χ1n) is 10.8. The van der Waals surface area contributed by atoms with Crippen molar-refractivity contribution in [1.29, 1.82) is 0 Å². The summed E-state index contributed by atoms with van der Waals surface area (Å²) < 4.78 is 21.6. The molecule has 0 aliphatic carbocycles. The van der Waals surface area contributed by atoms with Gasteiger partial charge in [0.05, 0.1) is 22.9 Å². The first-order valence-corrected chi connectivity index (χ1v) is 13.4. The van der Waals surface area contributed by atoms with E-state index < -0.39 is 11.8 Å².